The molecule has 0 aromatic heterocycles. The molecule has 0 spiro atoms. The summed E-state index contributed by atoms with van der Waals surface area (Å²) in [4.78, 5) is 12.2. The zero-order valence-corrected chi connectivity index (χ0v) is 13.9. The molecule has 0 saturated heterocycles. The Labute approximate surface area is 140 Å². The van der Waals surface area contributed by atoms with Crippen LogP contribution in [0.1, 0.15) is 19.4 Å². The maximum atomic E-state index is 12.2. The van der Waals surface area contributed by atoms with Gasteiger partial charge in [-0.3, -0.25) is 4.79 Å². The number of benzene rings is 2. The first-order chi connectivity index (χ1) is 10.5. The van der Waals surface area contributed by atoms with Crippen LogP contribution >= 0.6 is 23.2 Å². The summed E-state index contributed by atoms with van der Waals surface area (Å²) in [6.45, 7) is 3.74. The van der Waals surface area contributed by atoms with Gasteiger partial charge in [0, 0.05) is 10.7 Å². The first-order valence-corrected chi connectivity index (χ1v) is 7.76. The minimum absolute atomic E-state index is 0.237. The second-order valence-electron chi connectivity index (χ2n) is 4.88. The molecule has 0 bridgehead atoms. The molecule has 0 aliphatic rings. The lowest BCUT2D eigenvalue weighted by Gasteiger charge is -2.16. The second kappa shape index (κ2) is 7.52. The minimum Gasteiger partial charge on any atom is -0.479 e. The van der Waals surface area contributed by atoms with Crippen LogP contribution in [0.15, 0.2) is 42.5 Å². The number of halogens is 2. The molecule has 0 fully saturated rings. The van der Waals surface area contributed by atoms with Crippen molar-refractivity contribution in [1.82, 2.24) is 0 Å². The summed E-state index contributed by atoms with van der Waals surface area (Å²) in [5.74, 6) is 0.190. The predicted octanol–water partition coefficient (Wildman–Crippen LogP) is 4.96. The van der Waals surface area contributed by atoms with Gasteiger partial charge in [-0.1, -0.05) is 42.3 Å². The minimum atomic E-state index is -0.677. The smallest absolute Gasteiger partial charge is 0.265 e. The molecule has 0 aliphatic heterocycles. The molecule has 3 nitrogen and oxygen atoms in total. The van der Waals surface area contributed by atoms with Crippen molar-refractivity contribution >= 4 is 34.8 Å². The van der Waals surface area contributed by atoms with Gasteiger partial charge in [-0.25, -0.2) is 0 Å². The van der Waals surface area contributed by atoms with E-state index < -0.39 is 6.10 Å². The number of carbonyl (C=O) groups is 1. The maximum Gasteiger partial charge on any atom is 0.265 e. The van der Waals surface area contributed by atoms with Crippen molar-refractivity contribution in [2.45, 2.75) is 26.4 Å². The summed E-state index contributed by atoms with van der Waals surface area (Å²) in [5, 5.41) is 3.73. The fourth-order valence-corrected chi connectivity index (χ4v) is 2.38. The van der Waals surface area contributed by atoms with Crippen LogP contribution in [-0.4, -0.2) is 12.0 Å². The van der Waals surface area contributed by atoms with Crippen LogP contribution in [0.2, 0.25) is 10.0 Å². The molecular formula is C17H17Cl2NO2. The zero-order chi connectivity index (χ0) is 16.1. The number of carbonyl (C=O) groups excluding carboxylic acids is 1. The Hall–Kier alpha value is -1.71. The number of aryl methyl sites for hydroxylation is 1. The molecule has 22 heavy (non-hydrogen) atoms. The number of hydrogen-bond acceptors (Lipinski definition) is 2. The highest BCUT2D eigenvalue weighted by Gasteiger charge is 2.16. The molecule has 0 saturated carbocycles. The zero-order valence-electron chi connectivity index (χ0n) is 12.4. The summed E-state index contributed by atoms with van der Waals surface area (Å²) in [6, 6.07) is 12.6. The van der Waals surface area contributed by atoms with Crippen LogP contribution in [-0.2, 0) is 11.2 Å². The Morgan fingerprint density at radius 1 is 1.23 bits per heavy atom. The average molecular weight is 338 g/mol. The van der Waals surface area contributed by atoms with Crippen LogP contribution < -0.4 is 10.1 Å². The highest BCUT2D eigenvalue weighted by atomic mass is 35.5. The monoisotopic (exact) mass is 337 g/mol. The van der Waals surface area contributed by atoms with Crippen LogP contribution in [0, 0.1) is 0 Å². The fraction of sp³-hybridized carbons (Fsp3) is 0.235. The Bertz CT molecular complexity index is 673. The lowest BCUT2D eigenvalue weighted by Crippen LogP contribution is -2.30. The van der Waals surface area contributed by atoms with Gasteiger partial charge in [0.05, 0.1) is 5.02 Å². The van der Waals surface area contributed by atoms with Gasteiger partial charge in [-0.15, -0.1) is 0 Å². The van der Waals surface area contributed by atoms with Gasteiger partial charge in [-0.2, -0.15) is 0 Å². The highest BCUT2D eigenvalue weighted by Crippen LogP contribution is 2.28. The number of anilines is 1. The number of ether oxygens (including phenoxy) is 1. The van der Waals surface area contributed by atoms with E-state index in [2.05, 4.69) is 12.2 Å². The van der Waals surface area contributed by atoms with E-state index in [-0.39, 0.29) is 5.91 Å². The highest BCUT2D eigenvalue weighted by molar-refractivity contribution is 6.35. The van der Waals surface area contributed by atoms with Gasteiger partial charge in [0.2, 0.25) is 0 Å². The van der Waals surface area contributed by atoms with Crippen molar-refractivity contribution in [3.05, 3.63) is 58.1 Å². The normalized spacial score (nSPS) is 11.8. The predicted molar refractivity (Wildman–Crippen MR) is 91.0 cm³/mol. The lowest BCUT2D eigenvalue weighted by atomic mass is 10.1. The van der Waals surface area contributed by atoms with Crippen LogP contribution in [0.3, 0.4) is 0 Å². The second-order valence-corrected chi connectivity index (χ2v) is 5.72. The topological polar surface area (TPSA) is 38.3 Å². The van der Waals surface area contributed by atoms with Gasteiger partial charge in [0.1, 0.15) is 5.75 Å². The first-order valence-electron chi connectivity index (χ1n) is 7.01. The summed E-state index contributed by atoms with van der Waals surface area (Å²) < 4.78 is 5.59. The SMILES string of the molecule is CCc1cccc(NC(=O)[C@H](C)Oc2ccc(Cl)cc2Cl)c1. The third-order valence-electron chi connectivity index (χ3n) is 3.17. The van der Waals surface area contributed by atoms with Crippen molar-refractivity contribution < 1.29 is 9.53 Å². The van der Waals surface area contributed by atoms with E-state index in [1.807, 2.05) is 24.3 Å². The van der Waals surface area contributed by atoms with E-state index in [0.717, 1.165) is 17.7 Å². The van der Waals surface area contributed by atoms with E-state index in [4.69, 9.17) is 27.9 Å². The molecular weight excluding hydrogens is 321 g/mol. The quantitative estimate of drug-likeness (QED) is 0.837. The Balaban J connectivity index is 2.02. The van der Waals surface area contributed by atoms with Crippen LogP contribution in [0.25, 0.3) is 0 Å². The third kappa shape index (κ3) is 4.39. The van der Waals surface area contributed by atoms with Crippen molar-refractivity contribution in [1.29, 1.82) is 0 Å². The summed E-state index contributed by atoms with van der Waals surface area (Å²) >= 11 is 11.9. The summed E-state index contributed by atoms with van der Waals surface area (Å²) in [7, 11) is 0. The summed E-state index contributed by atoms with van der Waals surface area (Å²) in [5.41, 5.74) is 1.91. The Morgan fingerprint density at radius 3 is 2.68 bits per heavy atom. The largest absolute Gasteiger partial charge is 0.479 e. The van der Waals surface area contributed by atoms with Gasteiger partial charge in [0.25, 0.3) is 5.91 Å². The van der Waals surface area contributed by atoms with E-state index in [9.17, 15) is 4.79 Å². The van der Waals surface area contributed by atoms with E-state index in [1.54, 1.807) is 25.1 Å². The van der Waals surface area contributed by atoms with E-state index >= 15 is 0 Å². The van der Waals surface area contributed by atoms with E-state index in [0.29, 0.717) is 15.8 Å². The Morgan fingerprint density at radius 2 is 2.00 bits per heavy atom. The maximum absolute atomic E-state index is 12.2. The molecule has 2 aromatic rings. The number of rotatable bonds is 5. The number of hydrogen-bond donors (Lipinski definition) is 1. The molecule has 0 unspecified atom stereocenters. The van der Waals surface area contributed by atoms with E-state index in [1.165, 1.54) is 0 Å². The summed E-state index contributed by atoms with van der Waals surface area (Å²) in [6.07, 6.45) is 0.236. The molecule has 0 aliphatic carbocycles. The van der Waals surface area contributed by atoms with Crippen LogP contribution in [0.4, 0.5) is 5.69 Å². The fourth-order valence-electron chi connectivity index (χ4n) is 1.93. The number of amides is 1. The van der Waals surface area contributed by atoms with Gasteiger partial charge < -0.3 is 10.1 Å². The number of nitrogens with one attached hydrogen (secondary N) is 1. The van der Waals surface area contributed by atoms with Gasteiger partial charge in [0.15, 0.2) is 6.10 Å². The molecule has 2 rings (SSSR count). The average Bonchev–Trinajstić information content (AvgIpc) is 2.50. The molecule has 1 atom stereocenters. The van der Waals surface area contributed by atoms with Crippen molar-refractivity contribution in [3.63, 3.8) is 0 Å². The van der Waals surface area contributed by atoms with Crippen molar-refractivity contribution in [2.24, 2.45) is 0 Å². The molecule has 116 valence electrons. The molecule has 2 aromatic carbocycles. The molecule has 0 radical (unpaired) electrons. The molecule has 0 heterocycles. The molecule has 1 amide bonds. The first kappa shape index (κ1) is 16.7. The van der Waals surface area contributed by atoms with Crippen molar-refractivity contribution in [2.75, 3.05) is 5.32 Å². The third-order valence-corrected chi connectivity index (χ3v) is 3.70. The lowest BCUT2D eigenvalue weighted by molar-refractivity contribution is -0.122. The Kier molecular flexibility index (Phi) is 5.69. The standard InChI is InChI=1S/C17H17Cl2NO2/c1-3-12-5-4-6-14(9-12)20-17(21)11(2)22-16-8-7-13(18)10-15(16)19/h4-11H,3H2,1-2H3,(H,20,21)/t11-/m0/s1. The van der Waals surface area contributed by atoms with Gasteiger partial charge >= 0.3 is 0 Å². The van der Waals surface area contributed by atoms with Gasteiger partial charge in [-0.05, 0) is 49.2 Å². The van der Waals surface area contributed by atoms with Crippen molar-refractivity contribution in [3.8, 4) is 5.75 Å². The van der Waals surface area contributed by atoms with Crippen LogP contribution in [0.5, 0.6) is 5.75 Å². The molecule has 1 N–H and O–H groups in total. The molecule has 5 heteroatoms.